The van der Waals surface area contributed by atoms with Gasteiger partial charge in [-0.25, -0.2) is 0 Å². The highest BCUT2D eigenvalue weighted by atomic mass is 16.8. The van der Waals surface area contributed by atoms with E-state index >= 15 is 0 Å². The number of ether oxygens (including phenoxy) is 5. The van der Waals surface area contributed by atoms with Crippen LogP contribution in [0.5, 0.6) is 0 Å². The molecule has 0 aromatic heterocycles. The predicted octanol–water partition coefficient (Wildman–Crippen LogP) is 0.175. The van der Waals surface area contributed by atoms with Gasteiger partial charge in [-0.2, -0.15) is 0 Å². The highest BCUT2D eigenvalue weighted by molar-refractivity contribution is 5.01. The predicted molar refractivity (Wildman–Crippen MR) is 62.4 cm³/mol. The minimum absolute atomic E-state index is 0.204. The third-order valence-electron chi connectivity index (χ3n) is 4.58. The summed E-state index contributed by atoms with van der Waals surface area (Å²) in [6.07, 6.45) is 2.57. The summed E-state index contributed by atoms with van der Waals surface area (Å²) in [7, 11) is 0. The molecule has 4 rings (SSSR count). The third-order valence-corrected chi connectivity index (χ3v) is 4.58. The molecule has 0 amide bonds. The highest BCUT2D eigenvalue weighted by Crippen LogP contribution is 2.46. The van der Waals surface area contributed by atoms with E-state index in [1.54, 1.807) is 0 Å². The Labute approximate surface area is 111 Å². The fraction of sp³-hybridized carbons (Fsp3) is 1.00. The zero-order valence-electron chi connectivity index (χ0n) is 10.9. The molecule has 1 aliphatic carbocycles. The molecule has 4 fully saturated rings. The van der Waals surface area contributed by atoms with Crippen molar-refractivity contribution in [2.24, 2.45) is 0 Å². The number of aliphatic hydroxyl groups excluding tert-OH is 1. The van der Waals surface area contributed by atoms with Crippen LogP contribution in [0, 0.1) is 0 Å². The molecule has 0 radical (unpaired) electrons. The first-order chi connectivity index (χ1) is 9.23. The summed E-state index contributed by atoms with van der Waals surface area (Å²) in [5.74, 6) is -1.58. The fourth-order valence-electron chi connectivity index (χ4n) is 3.58. The van der Waals surface area contributed by atoms with Crippen LogP contribution in [0.15, 0.2) is 0 Å². The van der Waals surface area contributed by atoms with Crippen molar-refractivity contribution in [1.82, 2.24) is 0 Å². The van der Waals surface area contributed by atoms with E-state index < -0.39 is 17.7 Å². The van der Waals surface area contributed by atoms with Crippen molar-refractivity contribution in [3.8, 4) is 0 Å². The monoisotopic (exact) mass is 272 g/mol. The molecule has 1 N–H and O–H groups in total. The molecule has 0 bridgehead atoms. The lowest BCUT2D eigenvalue weighted by molar-refractivity contribution is -0.361. The van der Waals surface area contributed by atoms with E-state index in [1.165, 1.54) is 0 Å². The van der Waals surface area contributed by atoms with E-state index in [2.05, 4.69) is 0 Å². The van der Waals surface area contributed by atoms with Crippen molar-refractivity contribution in [1.29, 1.82) is 0 Å². The fourth-order valence-corrected chi connectivity index (χ4v) is 3.58. The molecule has 6 heteroatoms. The SMILES string of the molecule is O[C@H]1[C@@H]2OC3(CCCC3)O[C@@H]2CO[C@]12COCCO2. The molecule has 0 unspecified atom stereocenters. The third kappa shape index (κ3) is 1.86. The van der Waals surface area contributed by atoms with E-state index in [9.17, 15) is 5.11 Å². The average Bonchev–Trinajstić information content (AvgIpc) is 3.04. The van der Waals surface area contributed by atoms with E-state index in [1.807, 2.05) is 0 Å². The Kier molecular flexibility index (Phi) is 2.88. The molecule has 3 saturated heterocycles. The van der Waals surface area contributed by atoms with Crippen LogP contribution in [-0.4, -0.2) is 61.4 Å². The number of hydrogen-bond acceptors (Lipinski definition) is 6. The molecule has 3 heterocycles. The van der Waals surface area contributed by atoms with E-state index in [-0.39, 0.29) is 18.8 Å². The largest absolute Gasteiger partial charge is 0.385 e. The summed E-state index contributed by atoms with van der Waals surface area (Å²) in [6.45, 7) is 1.59. The zero-order valence-corrected chi connectivity index (χ0v) is 10.9. The second-order valence-corrected chi connectivity index (χ2v) is 5.83. The van der Waals surface area contributed by atoms with E-state index in [0.717, 1.165) is 25.7 Å². The van der Waals surface area contributed by atoms with Gasteiger partial charge in [-0.1, -0.05) is 0 Å². The van der Waals surface area contributed by atoms with Crippen molar-refractivity contribution in [2.45, 2.75) is 55.6 Å². The Bertz CT molecular complexity index is 347. The van der Waals surface area contributed by atoms with Crippen LogP contribution in [0.2, 0.25) is 0 Å². The molecular weight excluding hydrogens is 252 g/mol. The first-order valence-corrected chi connectivity index (χ1v) is 7.13. The summed E-state index contributed by atoms with van der Waals surface area (Å²) in [5, 5.41) is 10.6. The molecule has 0 aromatic carbocycles. The Morgan fingerprint density at radius 1 is 1.00 bits per heavy atom. The topological polar surface area (TPSA) is 66.4 Å². The van der Waals surface area contributed by atoms with Gasteiger partial charge in [0.25, 0.3) is 0 Å². The summed E-state index contributed by atoms with van der Waals surface area (Å²) in [5.41, 5.74) is 0. The molecule has 4 aliphatic rings. The standard InChI is InChI=1S/C13H20O6/c14-11-10-9(18-12(19-10)3-1-2-4-12)7-17-13(11)8-15-5-6-16-13/h9-11,14H,1-8H2/t9-,10-,11+,13-/m1/s1. The smallest absolute Gasteiger partial charge is 0.221 e. The summed E-state index contributed by atoms with van der Waals surface area (Å²) >= 11 is 0. The molecule has 1 saturated carbocycles. The lowest BCUT2D eigenvalue weighted by Crippen LogP contribution is -2.64. The van der Waals surface area contributed by atoms with Gasteiger partial charge in [-0.05, 0) is 12.8 Å². The molecule has 4 atom stereocenters. The first kappa shape index (κ1) is 12.5. The molecule has 0 aromatic rings. The van der Waals surface area contributed by atoms with Crippen molar-refractivity contribution in [3.63, 3.8) is 0 Å². The Morgan fingerprint density at radius 3 is 2.58 bits per heavy atom. The minimum atomic E-state index is -1.08. The Balaban J connectivity index is 1.55. The van der Waals surface area contributed by atoms with Gasteiger partial charge < -0.3 is 28.8 Å². The summed E-state index contributed by atoms with van der Waals surface area (Å²) in [6, 6.07) is 0. The molecular formula is C13H20O6. The summed E-state index contributed by atoms with van der Waals surface area (Å²) < 4.78 is 28.9. The van der Waals surface area contributed by atoms with Crippen LogP contribution in [-0.2, 0) is 23.7 Å². The Morgan fingerprint density at radius 2 is 1.84 bits per heavy atom. The van der Waals surface area contributed by atoms with Gasteiger partial charge in [0.2, 0.25) is 5.79 Å². The van der Waals surface area contributed by atoms with Gasteiger partial charge in [0.15, 0.2) is 5.79 Å². The van der Waals surface area contributed by atoms with Crippen LogP contribution in [0.1, 0.15) is 25.7 Å². The second-order valence-electron chi connectivity index (χ2n) is 5.83. The second kappa shape index (κ2) is 4.38. The molecule has 108 valence electrons. The molecule has 3 aliphatic heterocycles. The van der Waals surface area contributed by atoms with E-state index in [0.29, 0.717) is 19.8 Å². The number of aliphatic hydroxyl groups is 1. The maximum absolute atomic E-state index is 10.6. The normalized spacial score (nSPS) is 48.8. The van der Waals surface area contributed by atoms with Crippen LogP contribution >= 0.6 is 0 Å². The van der Waals surface area contributed by atoms with Gasteiger partial charge in [0.05, 0.1) is 19.8 Å². The lowest BCUT2D eigenvalue weighted by Gasteiger charge is -2.45. The first-order valence-electron chi connectivity index (χ1n) is 7.13. The molecule has 6 nitrogen and oxygen atoms in total. The van der Waals surface area contributed by atoms with Crippen LogP contribution in [0.25, 0.3) is 0 Å². The van der Waals surface area contributed by atoms with E-state index in [4.69, 9.17) is 23.7 Å². The van der Waals surface area contributed by atoms with Crippen molar-refractivity contribution in [2.75, 3.05) is 26.4 Å². The van der Waals surface area contributed by atoms with Gasteiger partial charge in [-0.15, -0.1) is 0 Å². The zero-order chi connectivity index (χ0) is 12.9. The Hall–Kier alpha value is -0.240. The number of hydrogen-bond donors (Lipinski definition) is 1. The summed E-state index contributed by atoms with van der Waals surface area (Å²) in [4.78, 5) is 0. The number of rotatable bonds is 0. The maximum atomic E-state index is 10.6. The van der Waals surface area contributed by atoms with Gasteiger partial charge in [0.1, 0.15) is 24.9 Å². The van der Waals surface area contributed by atoms with Crippen molar-refractivity contribution < 1.29 is 28.8 Å². The maximum Gasteiger partial charge on any atom is 0.221 e. The number of fused-ring (bicyclic) bond motifs is 1. The van der Waals surface area contributed by atoms with Crippen LogP contribution in [0.4, 0.5) is 0 Å². The molecule has 19 heavy (non-hydrogen) atoms. The molecule has 2 spiro atoms. The quantitative estimate of drug-likeness (QED) is 0.678. The van der Waals surface area contributed by atoms with Crippen molar-refractivity contribution >= 4 is 0 Å². The lowest BCUT2D eigenvalue weighted by atomic mass is 9.97. The van der Waals surface area contributed by atoms with Gasteiger partial charge in [-0.3, -0.25) is 0 Å². The average molecular weight is 272 g/mol. The van der Waals surface area contributed by atoms with Crippen LogP contribution < -0.4 is 0 Å². The van der Waals surface area contributed by atoms with Gasteiger partial charge >= 0.3 is 0 Å². The van der Waals surface area contributed by atoms with Crippen LogP contribution in [0.3, 0.4) is 0 Å². The minimum Gasteiger partial charge on any atom is -0.385 e. The van der Waals surface area contributed by atoms with Crippen molar-refractivity contribution in [3.05, 3.63) is 0 Å². The van der Waals surface area contributed by atoms with Gasteiger partial charge in [0, 0.05) is 12.8 Å². The highest BCUT2D eigenvalue weighted by Gasteiger charge is 2.60.